The molecule has 0 radical (unpaired) electrons. The van der Waals surface area contributed by atoms with Crippen LogP contribution in [0.5, 0.6) is 5.75 Å². The SMILES string of the molecule is COc1c(C)cnc(CNC(=O)Nc2cc(F)ccc2F)c1C. The number of aromatic nitrogens is 1. The summed E-state index contributed by atoms with van der Waals surface area (Å²) in [5.41, 5.74) is 2.10. The molecule has 0 unspecified atom stereocenters. The number of anilines is 1. The number of amides is 2. The first-order valence-corrected chi connectivity index (χ1v) is 6.91. The molecule has 0 saturated heterocycles. The number of aryl methyl sites for hydroxylation is 1. The summed E-state index contributed by atoms with van der Waals surface area (Å²) in [5.74, 6) is -0.649. The van der Waals surface area contributed by atoms with E-state index in [1.165, 1.54) is 0 Å². The van der Waals surface area contributed by atoms with Gasteiger partial charge in [0.15, 0.2) is 0 Å². The van der Waals surface area contributed by atoms with Crippen LogP contribution in [0.25, 0.3) is 0 Å². The number of halogens is 2. The summed E-state index contributed by atoms with van der Waals surface area (Å²) in [4.78, 5) is 16.1. The van der Waals surface area contributed by atoms with E-state index in [0.29, 0.717) is 11.4 Å². The molecule has 2 aromatic rings. The Morgan fingerprint density at radius 2 is 2.04 bits per heavy atom. The number of rotatable bonds is 4. The molecule has 122 valence electrons. The molecule has 0 atom stereocenters. The summed E-state index contributed by atoms with van der Waals surface area (Å²) in [6.07, 6.45) is 1.65. The lowest BCUT2D eigenvalue weighted by molar-refractivity contribution is 0.251. The third-order valence-corrected chi connectivity index (χ3v) is 3.34. The highest BCUT2D eigenvalue weighted by Crippen LogP contribution is 2.23. The Bertz CT molecular complexity index is 736. The van der Waals surface area contributed by atoms with Gasteiger partial charge in [0.05, 0.1) is 25.0 Å². The first-order chi connectivity index (χ1) is 10.9. The quantitative estimate of drug-likeness (QED) is 0.908. The van der Waals surface area contributed by atoms with Gasteiger partial charge in [-0.1, -0.05) is 0 Å². The molecular weight excluding hydrogens is 304 g/mol. The van der Waals surface area contributed by atoms with Crippen LogP contribution in [0, 0.1) is 25.5 Å². The fourth-order valence-electron chi connectivity index (χ4n) is 2.17. The molecule has 0 aliphatic heterocycles. The first kappa shape index (κ1) is 16.7. The highest BCUT2D eigenvalue weighted by Gasteiger charge is 2.12. The molecule has 0 aliphatic rings. The van der Waals surface area contributed by atoms with Gasteiger partial charge in [-0.05, 0) is 26.0 Å². The maximum Gasteiger partial charge on any atom is 0.319 e. The minimum atomic E-state index is -0.715. The van der Waals surface area contributed by atoms with E-state index in [0.717, 1.165) is 29.3 Å². The molecule has 0 aliphatic carbocycles. The number of benzene rings is 1. The van der Waals surface area contributed by atoms with E-state index in [2.05, 4.69) is 15.6 Å². The average molecular weight is 321 g/mol. The van der Waals surface area contributed by atoms with Crippen LogP contribution in [0.2, 0.25) is 0 Å². The van der Waals surface area contributed by atoms with Gasteiger partial charge in [0.25, 0.3) is 0 Å². The van der Waals surface area contributed by atoms with Crippen molar-refractivity contribution < 1.29 is 18.3 Å². The summed E-state index contributed by atoms with van der Waals surface area (Å²) in [6.45, 7) is 3.83. The zero-order valence-corrected chi connectivity index (χ0v) is 13.0. The number of nitrogens with one attached hydrogen (secondary N) is 2. The second kappa shape index (κ2) is 7.04. The zero-order valence-electron chi connectivity index (χ0n) is 13.0. The zero-order chi connectivity index (χ0) is 17.0. The van der Waals surface area contributed by atoms with E-state index in [4.69, 9.17) is 4.74 Å². The van der Waals surface area contributed by atoms with Crippen molar-refractivity contribution in [3.8, 4) is 5.75 Å². The van der Waals surface area contributed by atoms with Crippen LogP contribution < -0.4 is 15.4 Å². The Hall–Kier alpha value is -2.70. The topological polar surface area (TPSA) is 63.2 Å². The van der Waals surface area contributed by atoms with Crippen LogP contribution in [0.15, 0.2) is 24.4 Å². The molecule has 1 aromatic heterocycles. The normalized spacial score (nSPS) is 10.3. The summed E-state index contributed by atoms with van der Waals surface area (Å²) < 4.78 is 31.8. The van der Waals surface area contributed by atoms with Crippen LogP contribution in [0.1, 0.15) is 16.8 Å². The smallest absolute Gasteiger partial charge is 0.319 e. The average Bonchev–Trinajstić information content (AvgIpc) is 2.50. The predicted octanol–water partition coefficient (Wildman–Crippen LogP) is 3.31. The minimum absolute atomic E-state index is 0.130. The Morgan fingerprint density at radius 3 is 2.74 bits per heavy atom. The number of carbonyl (C=O) groups is 1. The van der Waals surface area contributed by atoms with Crippen molar-refractivity contribution in [3.63, 3.8) is 0 Å². The lowest BCUT2D eigenvalue weighted by Gasteiger charge is -2.13. The minimum Gasteiger partial charge on any atom is -0.496 e. The Balaban J connectivity index is 2.04. The van der Waals surface area contributed by atoms with E-state index < -0.39 is 17.7 Å². The van der Waals surface area contributed by atoms with Crippen molar-refractivity contribution in [1.82, 2.24) is 10.3 Å². The molecule has 1 heterocycles. The standard InChI is InChI=1S/C16H17F2N3O2/c1-9-7-19-14(10(2)15(9)23-3)8-20-16(22)21-13-6-11(17)4-5-12(13)18/h4-7H,8H2,1-3H3,(H2,20,21,22). The maximum atomic E-state index is 13.5. The summed E-state index contributed by atoms with van der Waals surface area (Å²) >= 11 is 0. The predicted molar refractivity (Wildman–Crippen MR) is 82.5 cm³/mol. The molecule has 0 spiro atoms. The van der Waals surface area contributed by atoms with Gasteiger partial charge in [-0.2, -0.15) is 0 Å². The third kappa shape index (κ3) is 3.94. The van der Waals surface area contributed by atoms with Crippen LogP contribution in [-0.2, 0) is 6.54 Å². The van der Waals surface area contributed by atoms with Crippen molar-refractivity contribution in [2.45, 2.75) is 20.4 Å². The van der Waals surface area contributed by atoms with E-state index in [9.17, 15) is 13.6 Å². The van der Waals surface area contributed by atoms with Crippen molar-refractivity contribution in [1.29, 1.82) is 0 Å². The number of nitrogens with zero attached hydrogens (tertiary/aromatic N) is 1. The summed E-state index contributed by atoms with van der Waals surface area (Å²) in [5, 5.41) is 4.81. The van der Waals surface area contributed by atoms with Crippen LogP contribution >= 0.6 is 0 Å². The number of hydrogen-bond acceptors (Lipinski definition) is 3. The Morgan fingerprint density at radius 1 is 1.30 bits per heavy atom. The Kier molecular flexibility index (Phi) is 5.10. The van der Waals surface area contributed by atoms with E-state index in [-0.39, 0.29) is 12.2 Å². The molecule has 0 fully saturated rings. The number of methoxy groups -OCH3 is 1. The summed E-state index contributed by atoms with van der Waals surface area (Å²) in [7, 11) is 1.56. The molecule has 1 aromatic carbocycles. The largest absolute Gasteiger partial charge is 0.496 e. The van der Waals surface area contributed by atoms with Crippen LogP contribution in [0.4, 0.5) is 19.3 Å². The monoisotopic (exact) mass is 321 g/mol. The lowest BCUT2D eigenvalue weighted by Crippen LogP contribution is -2.29. The van der Waals surface area contributed by atoms with Crippen molar-refractivity contribution in [2.24, 2.45) is 0 Å². The second-order valence-corrected chi connectivity index (χ2v) is 4.98. The number of carbonyl (C=O) groups excluding carboxylic acids is 1. The number of pyridine rings is 1. The molecule has 2 rings (SSSR count). The molecule has 5 nitrogen and oxygen atoms in total. The third-order valence-electron chi connectivity index (χ3n) is 3.34. The molecule has 2 N–H and O–H groups in total. The molecule has 23 heavy (non-hydrogen) atoms. The summed E-state index contributed by atoms with van der Waals surface area (Å²) in [6, 6.07) is 2.18. The number of ether oxygens (including phenoxy) is 1. The fourth-order valence-corrected chi connectivity index (χ4v) is 2.17. The van der Waals surface area contributed by atoms with E-state index in [1.54, 1.807) is 13.3 Å². The van der Waals surface area contributed by atoms with Gasteiger partial charge in [0.2, 0.25) is 0 Å². The van der Waals surface area contributed by atoms with E-state index >= 15 is 0 Å². The van der Waals surface area contributed by atoms with Crippen molar-refractivity contribution in [2.75, 3.05) is 12.4 Å². The van der Waals surface area contributed by atoms with Crippen LogP contribution in [0.3, 0.4) is 0 Å². The molecule has 7 heteroatoms. The lowest BCUT2D eigenvalue weighted by atomic mass is 10.1. The van der Waals surface area contributed by atoms with Crippen LogP contribution in [-0.4, -0.2) is 18.1 Å². The van der Waals surface area contributed by atoms with Gasteiger partial charge in [-0.3, -0.25) is 4.98 Å². The van der Waals surface area contributed by atoms with Crippen molar-refractivity contribution >= 4 is 11.7 Å². The fraction of sp³-hybridized carbons (Fsp3) is 0.250. The van der Waals surface area contributed by atoms with Gasteiger partial charge in [0.1, 0.15) is 17.4 Å². The number of urea groups is 1. The van der Waals surface area contributed by atoms with Gasteiger partial charge >= 0.3 is 6.03 Å². The molecule has 2 amide bonds. The van der Waals surface area contributed by atoms with Crippen molar-refractivity contribution in [3.05, 3.63) is 52.9 Å². The van der Waals surface area contributed by atoms with Gasteiger partial charge in [0, 0.05) is 23.4 Å². The van der Waals surface area contributed by atoms with Gasteiger partial charge in [-0.25, -0.2) is 13.6 Å². The molecule has 0 saturated carbocycles. The molecular formula is C16H17F2N3O2. The number of hydrogen-bond donors (Lipinski definition) is 2. The maximum absolute atomic E-state index is 13.5. The second-order valence-electron chi connectivity index (χ2n) is 4.98. The highest BCUT2D eigenvalue weighted by molar-refractivity contribution is 5.89. The first-order valence-electron chi connectivity index (χ1n) is 6.91. The van der Waals surface area contributed by atoms with Gasteiger partial charge < -0.3 is 15.4 Å². The Labute approximate surface area is 132 Å². The highest BCUT2D eigenvalue weighted by atomic mass is 19.1. The molecule has 0 bridgehead atoms. The van der Waals surface area contributed by atoms with E-state index in [1.807, 2.05) is 13.8 Å². The van der Waals surface area contributed by atoms with Gasteiger partial charge in [-0.15, -0.1) is 0 Å².